The highest BCUT2D eigenvalue weighted by molar-refractivity contribution is 5.97. The highest BCUT2D eigenvalue weighted by Crippen LogP contribution is 2.32. The van der Waals surface area contributed by atoms with Crippen LogP contribution in [0.15, 0.2) is 46.1 Å². The molecule has 1 atom stereocenters. The number of carbonyl (C=O) groups excluding carboxylic acids is 1. The summed E-state index contributed by atoms with van der Waals surface area (Å²) in [5.74, 6) is -0.321. The zero-order chi connectivity index (χ0) is 19.1. The second kappa shape index (κ2) is 6.50. The Morgan fingerprint density at radius 2 is 1.96 bits per heavy atom. The zero-order valence-electron chi connectivity index (χ0n) is 15.2. The second-order valence-corrected chi connectivity index (χ2v) is 6.93. The van der Waals surface area contributed by atoms with Gasteiger partial charge in [-0.2, -0.15) is 0 Å². The molecule has 3 aromatic rings. The SMILES string of the molecule is Cn1c(=O)c2cc(NC(=O)C3CCCc4ccccc43)cnc2n(C)c1=O. The fourth-order valence-corrected chi connectivity index (χ4v) is 3.79. The molecule has 0 saturated carbocycles. The maximum Gasteiger partial charge on any atom is 0.332 e. The Bertz CT molecular complexity index is 1180. The lowest BCUT2D eigenvalue weighted by atomic mass is 9.82. The standard InChI is InChI=1S/C20H20N4O3/c1-23-17-16(19(26)24(2)20(23)27)10-13(11-21-17)22-18(25)15-9-5-7-12-6-3-4-8-14(12)15/h3-4,6,8,10-11,15H,5,7,9H2,1-2H3,(H,22,25). The first-order valence-corrected chi connectivity index (χ1v) is 8.92. The van der Waals surface area contributed by atoms with Crippen LogP contribution < -0.4 is 16.6 Å². The Morgan fingerprint density at radius 3 is 2.78 bits per heavy atom. The van der Waals surface area contributed by atoms with Crippen LogP contribution in [-0.4, -0.2) is 20.0 Å². The van der Waals surface area contributed by atoms with Crippen molar-refractivity contribution in [1.29, 1.82) is 0 Å². The van der Waals surface area contributed by atoms with E-state index >= 15 is 0 Å². The van der Waals surface area contributed by atoms with E-state index in [1.807, 2.05) is 18.2 Å². The molecule has 7 nitrogen and oxygen atoms in total. The molecule has 1 amide bonds. The number of hydrogen-bond donors (Lipinski definition) is 1. The smallest absolute Gasteiger partial charge is 0.324 e. The van der Waals surface area contributed by atoms with Crippen LogP contribution >= 0.6 is 0 Å². The van der Waals surface area contributed by atoms with Crippen LogP contribution in [0.2, 0.25) is 0 Å². The fraction of sp³-hybridized carbons (Fsp3) is 0.300. The van der Waals surface area contributed by atoms with Crippen LogP contribution in [-0.2, 0) is 25.3 Å². The lowest BCUT2D eigenvalue weighted by Gasteiger charge is -2.24. The number of nitrogens with one attached hydrogen (secondary N) is 1. The Balaban J connectivity index is 1.70. The van der Waals surface area contributed by atoms with Gasteiger partial charge in [-0.05, 0) is 36.5 Å². The molecule has 1 aliphatic rings. The second-order valence-electron chi connectivity index (χ2n) is 6.93. The Hall–Kier alpha value is -3.22. The van der Waals surface area contributed by atoms with Gasteiger partial charge in [-0.25, -0.2) is 9.78 Å². The summed E-state index contributed by atoms with van der Waals surface area (Å²) in [5, 5.41) is 3.18. The first-order valence-electron chi connectivity index (χ1n) is 8.92. The van der Waals surface area contributed by atoms with Crippen molar-refractivity contribution in [2.24, 2.45) is 14.1 Å². The minimum absolute atomic E-state index is 0.107. The molecule has 0 radical (unpaired) electrons. The largest absolute Gasteiger partial charge is 0.332 e. The molecule has 0 fully saturated rings. The van der Waals surface area contributed by atoms with Gasteiger partial charge in [0.15, 0.2) is 0 Å². The molecular formula is C20H20N4O3. The van der Waals surface area contributed by atoms with E-state index in [4.69, 9.17) is 0 Å². The number of fused-ring (bicyclic) bond motifs is 2. The van der Waals surface area contributed by atoms with Crippen LogP contribution in [0.5, 0.6) is 0 Å². The summed E-state index contributed by atoms with van der Waals surface area (Å²) in [6, 6.07) is 9.59. The van der Waals surface area contributed by atoms with Crippen LogP contribution in [0, 0.1) is 0 Å². The Labute approximate surface area is 155 Å². The third-order valence-corrected chi connectivity index (χ3v) is 5.25. The zero-order valence-corrected chi connectivity index (χ0v) is 15.2. The van der Waals surface area contributed by atoms with Crippen molar-refractivity contribution in [3.63, 3.8) is 0 Å². The number of carbonyl (C=O) groups is 1. The maximum atomic E-state index is 12.9. The molecule has 138 valence electrons. The highest BCUT2D eigenvalue weighted by Gasteiger charge is 2.26. The third kappa shape index (κ3) is 2.85. The van der Waals surface area contributed by atoms with Crippen molar-refractivity contribution < 1.29 is 4.79 Å². The quantitative estimate of drug-likeness (QED) is 0.750. The average molecular weight is 364 g/mol. The van der Waals surface area contributed by atoms with Gasteiger partial charge in [0.25, 0.3) is 5.56 Å². The fourth-order valence-electron chi connectivity index (χ4n) is 3.79. The Morgan fingerprint density at radius 1 is 1.19 bits per heavy atom. The normalized spacial score (nSPS) is 16.1. The van der Waals surface area contributed by atoms with Gasteiger partial charge in [0, 0.05) is 14.1 Å². The van der Waals surface area contributed by atoms with E-state index in [0.717, 1.165) is 29.4 Å². The number of aryl methyl sites for hydroxylation is 2. The summed E-state index contributed by atoms with van der Waals surface area (Å²) in [7, 11) is 2.99. The van der Waals surface area contributed by atoms with Gasteiger partial charge in [0.1, 0.15) is 5.65 Å². The molecule has 1 unspecified atom stereocenters. The number of amides is 1. The van der Waals surface area contributed by atoms with Gasteiger partial charge < -0.3 is 5.32 Å². The van der Waals surface area contributed by atoms with Gasteiger partial charge in [-0.15, -0.1) is 0 Å². The molecule has 2 heterocycles. The van der Waals surface area contributed by atoms with E-state index < -0.39 is 11.2 Å². The summed E-state index contributed by atoms with van der Waals surface area (Å²) < 4.78 is 2.35. The van der Waals surface area contributed by atoms with Crippen molar-refractivity contribution in [3.8, 4) is 0 Å². The van der Waals surface area contributed by atoms with Gasteiger partial charge >= 0.3 is 5.69 Å². The molecule has 4 rings (SSSR count). The number of hydrogen-bond acceptors (Lipinski definition) is 4. The van der Waals surface area contributed by atoms with E-state index in [1.165, 1.54) is 23.4 Å². The number of rotatable bonds is 2. The monoisotopic (exact) mass is 364 g/mol. The summed E-state index contributed by atoms with van der Waals surface area (Å²) >= 11 is 0. The molecule has 2 aromatic heterocycles. The summed E-state index contributed by atoms with van der Waals surface area (Å²) in [5.41, 5.74) is 2.16. The number of benzene rings is 1. The first kappa shape index (κ1) is 17.2. The van der Waals surface area contributed by atoms with Crippen molar-refractivity contribution in [2.45, 2.75) is 25.2 Å². The summed E-state index contributed by atoms with van der Waals surface area (Å²) in [4.78, 5) is 41.5. The van der Waals surface area contributed by atoms with E-state index in [2.05, 4.69) is 16.4 Å². The molecule has 0 spiro atoms. The predicted octanol–water partition coefficient (Wildman–Crippen LogP) is 1.69. The lowest BCUT2D eigenvalue weighted by molar-refractivity contribution is -0.117. The molecular weight excluding hydrogens is 344 g/mol. The van der Waals surface area contributed by atoms with Gasteiger partial charge in [0.2, 0.25) is 5.91 Å². The van der Waals surface area contributed by atoms with Crippen molar-refractivity contribution in [2.75, 3.05) is 5.32 Å². The number of aromatic nitrogens is 3. The lowest BCUT2D eigenvalue weighted by Crippen LogP contribution is -2.37. The number of anilines is 1. The van der Waals surface area contributed by atoms with E-state index in [1.54, 1.807) is 13.1 Å². The summed E-state index contributed by atoms with van der Waals surface area (Å²) in [6.07, 6.45) is 4.23. The summed E-state index contributed by atoms with van der Waals surface area (Å²) in [6.45, 7) is 0. The topological polar surface area (TPSA) is 86.0 Å². The molecule has 0 aliphatic heterocycles. The Kier molecular flexibility index (Phi) is 4.14. The van der Waals surface area contributed by atoms with E-state index in [9.17, 15) is 14.4 Å². The van der Waals surface area contributed by atoms with Crippen LogP contribution in [0.1, 0.15) is 29.9 Å². The van der Waals surface area contributed by atoms with Crippen LogP contribution in [0.25, 0.3) is 11.0 Å². The van der Waals surface area contributed by atoms with E-state index in [-0.39, 0.29) is 11.8 Å². The maximum absolute atomic E-state index is 12.9. The molecule has 27 heavy (non-hydrogen) atoms. The van der Waals surface area contributed by atoms with Gasteiger partial charge in [-0.3, -0.25) is 18.7 Å². The molecule has 0 saturated heterocycles. The first-order chi connectivity index (χ1) is 13.0. The van der Waals surface area contributed by atoms with Crippen LogP contribution in [0.3, 0.4) is 0 Å². The van der Waals surface area contributed by atoms with Gasteiger partial charge in [-0.1, -0.05) is 24.3 Å². The minimum Gasteiger partial charge on any atom is -0.324 e. The third-order valence-electron chi connectivity index (χ3n) is 5.25. The van der Waals surface area contributed by atoms with Crippen molar-refractivity contribution in [1.82, 2.24) is 14.1 Å². The molecule has 1 aliphatic carbocycles. The molecule has 1 aromatic carbocycles. The molecule has 7 heteroatoms. The van der Waals surface area contributed by atoms with Crippen molar-refractivity contribution >= 4 is 22.6 Å². The molecule has 0 bridgehead atoms. The minimum atomic E-state index is -0.435. The van der Waals surface area contributed by atoms with Gasteiger partial charge in [0.05, 0.1) is 23.2 Å². The van der Waals surface area contributed by atoms with Crippen LogP contribution in [0.4, 0.5) is 5.69 Å². The number of pyridine rings is 1. The number of nitrogens with zero attached hydrogens (tertiary/aromatic N) is 3. The van der Waals surface area contributed by atoms with Crippen molar-refractivity contribution in [3.05, 3.63) is 68.5 Å². The average Bonchev–Trinajstić information content (AvgIpc) is 2.70. The molecule has 1 N–H and O–H groups in total. The highest BCUT2D eigenvalue weighted by atomic mass is 16.2. The predicted molar refractivity (Wildman–Crippen MR) is 103 cm³/mol. The van der Waals surface area contributed by atoms with E-state index in [0.29, 0.717) is 16.7 Å².